The van der Waals surface area contributed by atoms with Crippen LogP contribution in [0.15, 0.2) is 59.0 Å². The predicted octanol–water partition coefficient (Wildman–Crippen LogP) is 5.86. The summed E-state index contributed by atoms with van der Waals surface area (Å²) in [5.74, 6) is 0.552. The molecule has 4 rings (SSSR count). The van der Waals surface area contributed by atoms with Gasteiger partial charge < -0.3 is 4.42 Å². The third kappa shape index (κ3) is 1.56. The molecule has 3 aromatic carbocycles. The molecule has 0 bridgehead atoms. The highest BCUT2D eigenvalue weighted by Crippen LogP contribution is 2.35. The van der Waals surface area contributed by atoms with E-state index in [-0.39, 0.29) is 0 Å². The molecule has 0 saturated carbocycles. The lowest BCUT2D eigenvalue weighted by molar-refractivity contribution is 0.669. The summed E-state index contributed by atoms with van der Waals surface area (Å²) in [7, 11) is 0. The van der Waals surface area contributed by atoms with E-state index in [4.69, 9.17) is 4.42 Å². The molecule has 0 aliphatic carbocycles. The van der Waals surface area contributed by atoms with Crippen molar-refractivity contribution in [3.63, 3.8) is 0 Å². The van der Waals surface area contributed by atoms with Gasteiger partial charge in [0.25, 0.3) is 0 Å². The van der Waals surface area contributed by atoms with E-state index in [0.29, 0.717) is 5.92 Å². The van der Waals surface area contributed by atoms with Crippen molar-refractivity contribution in [1.29, 1.82) is 0 Å². The van der Waals surface area contributed by atoms with Crippen LogP contribution in [0.1, 0.15) is 25.3 Å². The molecule has 0 N–H and O–H groups in total. The zero-order chi connectivity index (χ0) is 13.7. The van der Waals surface area contributed by atoms with Crippen LogP contribution in [0.5, 0.6) is 0 Å². The minimum absolute atomic E-state index is 0.552. The summed E-state index contributed by atoms with van der Waals surface area (Å²) in [6.45, 7) is 4.46. The van der Waals surface area contributed by atoms with Gasteiger partial charge in [-0.05, 0) is 34.4 Å². The average Bonchev–Trinajstić information content (AvgIpc) is 2.85. The number of fused-ring (bicyclic) bond motifs is 5. The molecule has 1 heteroatoms. The van der Waals surface area contributed by atoms with Gasteiger partial charge in [-0.1, -0.05) is 56.3 Å². The van der Waals surface area contributed by atoms with Gasteiger partial charge in [-0.2, -0.15) is 0 Å². The summed E-state index contributed by atoms with van der Waals surface area (Å²) in [5.41, 5.74) is 3.31. The minimum Gasteiger partial charge on any atom is -0.456 e. The Morgan fingerprint density at radius 3 is 2.50 bits per heavy atom. The zero-order valence-corrected chi connectivity index (χ0v) is 11.7. The number of hydrogen-bond donors (Lipinski definition) is 0. The molecule has 0 spiro atoms. The first-order valence-electron chi connectivity index (χ1n) is 7.08. The quantitative estimate of drug-likeness (QED) is 0.417. The molecule has 4 aromatic rings. The van der Waals surface area contributed by atoms with E-state index in [1.807, 2.05) is 12.1 Å². The van der Waals surface area contributed by atoms with E-state index >= 15 is 0 Å². The Bertz CT molecular complexity index is 928. The predicted molar refractivity (Wildman–Crippen MR) is 85.3 cm³/mol. The van der Waals surface area contributed by atoms with Crippen LogP contribution in [0, 0.1) is 0 Å². The third-order valence-corrected chi connectivity index (χ3v) is 4.05. The van der Waals surface area contributed by atoms with Crippen molar-refractivity contribution in [3.05, 3.63) is 60.2 Å². The Morgan fingerprint density at radius 1 is 0.800 bits per heavy atom. The van der Waals surface area contributed by atoms with Crippen molar-refractivity contribution in [1.82, 2.24) is 0 Å². The lowest BCUT2D eigenvalue weighted by Crippen LogP contribution is -1.86. The maximum absolute atomic E-state index is 5.94. The lowest BCUT2D eigenvalue weighted by atomic mass is 9.97. The maximum atomic E-state index is 5.94. The topological polar surface area (TPSA) is 13.1 Å². The molecule has 98 valence electrons. The number of rotatable bonds is 1. The molecule has 0 aliphatic rings. The van der Waals surface area contributed by atoms with Crippen LogP contribution in [0.2, 0.25) is 0 Å². The highest BCUT2D eigenvalue weighted by atomic mass is 16.3. The summed E-state index contributed by atoms with van der Waals surface area (Å²) in [6.07, 6.45) is 0. The van der Waals surface area contributed by atoms with E-state index in [0.717, 1.165) is 11.2 Å². The number of furan rings is 1. The standard InChI is InChI=1S/C19H16O/c1-12(2)13-7-9-15-14(11-13)8-10-18-19(15)16-5-3-4-6-17(16)20-18/h3-12H,1-2H3. The van der Waals surface area contributed by atoms with Gasteiger partial charge in [0.05, 0.1) is 0 Å². The van der Waals surface area contributed by atoms with Crippen LogP contribution >= 0.6 is 0 Å². The Morgan fingerprint density at radius 2 is 1.65 bits per heavy atom. The van der Waals surface area contributed by atoms with Crippen molar-refractivity contribution < 1.29 is 4.42 Å². The van der Waals surface area contributed by atoms with Crippen molar-refractivity contribution >= 4 is 32.7 Å². The van der Waals surface area contributed by atoms with Crippen molar-refractivity contribution in [2.75, 3.05) is 0 Å². The first-order valence-corrected chi connectivity index (χ1v) is 7.08. The summed E-state index contributed by atoms with van der Waals surface area (Å²) in [6, 6.07) is 19.3. The largest absolute Gasteiger partial charge is 0.456 e. The van der Waals surface area contributed by atoms with Gasteiger partial charge in [-0.25, -0.2) is 0 Å². The van der Waals surface area contributed by atoms with E-state index in [1.165, 1.54) is 27.1 Å². The van der Waals surface area contributed by atoms with Crippen LogP contribution in [0.3, 0.4) is 0 Å². The second kappa shape index (κ2) is 4.11. The van der Waals surface area contributed by atoms with Gasteiger partial charge in [0.1, 0.15) is 11.2 Å². The zero-order valence-electron chi connectivity index (χ0n) is 11.7. The summed E-state index contributed by atoms with van der Waals surface area (Å²) in [4.78, 5) is 0. The van der Waals surface area contributed by atoms with Gasteiger partial charge >= 0.3 is 0 Å². The minimum atomic E-state index is 0.552. The normalized spacial score (nSPS) is 11.9. The van der Waals surface area contributed by atoms with Crippen LogP contribution in [0.25, 0.3) is 32.7 Å². The van der Waals surface area contributed by atoms with Crippen LogP contribution < -0.4 is 0 Å². The van der Waals surface area contributed by atoms with Crippen LogP contribution in [-0.4, -0.2) is 0 Å². The van der Waals surface area contributed by atoms with Gasteiger partial charge in [-0.15, -0.1) is 0 Å². The van der Waals surface area contributed by atoms with Gasteiger partial charge in [0.2, 0.25) is 0 Å². The molecule has 0 aliphatic heterocycles. The average molecular weight is 260 g/mol. The molecular formula is C19H16O. The fraction of sp³-hybridized carbons (Fsp3) is 0.158. The van der Waals surface area contributed by atoms with Crippen molar-refractivity contribution in [2.45, 2.75) is 19.8 Å². The monoisotopic (exact) mass is 260 g/mol. The van der Waals surface area contributed by atoms with E-state index in [2.05, 4.69) is 56.3 Å². The van der Waals surface area contributed by atoms with Crippen molar-refractivity contribution in [3.8, 4) is 0 Å². The molecule has 0 fully saturated rings. The molecule has 1 nitrogen and oxygen atoms in total. The summed E-state index contributed by atoms with van der Waals surface area (Å²) < 4.78 is 5.94. The Kier molecular flexibility index (Phi) is 2.37. The number of hydrogen-bond acceptors (Lipinski definition) is 1. The smallest absolute Gasteiger partial charge is 0.136 e. The number of benzene rings is 3. The second-order valence-electron chi connectivity index (χ2n) is 5.67. The molecule has 0 radical (unpaired) electrons. The molecule has 0 unspecified atom stereocenters. The van der Waals surface area contributed by atoms with Gasteiger partial charge in [0.15, 0.2) is 0 Å². The Balaban J connectivity index is 2.17. The molecule has 0 amide bonds. The second-order valence-corrected chi connectivity index (χ2v) is 5.67. The fourth-order valence-electron chi connectivity index (χ4n) is 2.93. The molecular weight excluding hydrogens is 244 g/mol. The maximum Gasteiger partial charge on any atom is 0.136 e. The first kappa shape index (κ1) is 11.5. The lowest BCUT2D eigenvalue weighted by Gasteiger charge is -2.07. The molecule has 0 atom stereocenters. The fourth-order valence-corrected chi connectivity index (χ4v) is 2.93. The third-order valence-electron chi connectivity index (χ3n) is 4.05. The van der Waals surface area contributed by atoms with E-state index in [9.17, 15) is 0 Å². The van der Waals surface area contributed by atoms with Crippen LogP contribution in [-0.2, 0) is 0 Å². The molecule has 1 aromatic heterocycles. The SMILES string of the molecule is CC(C)c1ccc2c(ccc3oc4ccccc4c32)c1. The summed E-state index contributed by atoms with van der Waals surface area (Å²) in [5, 5.41) is 4.99. The first-order chi connectivity index (χ1) is 9.74. The Labute approximate surface area is 117 Å². The molecule has 0 saturated heterocycles. The van der Waals surface area contributed by atoms with Gasteiger partial charge in [0, 0.05) is 10.8 Å². The highest BCUT2D eigenvalue weighted by molar-refractivity contribution is 6.18. The highest BCUT2D eigenvalue weighted by Gasteiger charge is 2.10. The molecule has 1 heterocycles. The molecule has 20 heavy (non-hydrogen) atoms. The van der Waals surface area contributed by atoms with Crippen LogP contribution in [0.4, 0.5) is 0 Å². The van der Waals surface area contributed by atoms with E-state index < -0.39 is 0 Å². The van der Waals surface area contributed by atoms with Gasteiger partial charge in [-0.3, -0.25) is 0 Å². The van der Waals surface area contributed by atoms with Crippen molar-refractivity contribution in [2.24, 2.45) is 0 Å². The number of para-hydroxylation sites is 1. The van der Waals surface area contributed by atoms with E-state index in [1.54, 1.807) is 0 Å². The summed E-state index contributed by atoms with van der Waals surface area (Å²) >= 11 is 0. The Hall–Kier alpha value is -2.28.